The van der Waals surface area contributed by atoms with E-state index in [1.165, 1.54) is 5.56 Å². The van der Waals surface area contributed by atoms with Gasteiger partial charge in [0.1, 0.15) is 6.54 Å². The van der Waals surface area contributed by atoms with E-state index in [4.69, 9.17) is 16.7 Å². The molecule has 4 heteroatoms. The first-order valence-electron chi connectivity index (χ1n) is 8.14. The lowest BCUT2D eigenvalue weighted by molar-refractivity contribution is -0.918. The number of nitrogens with zero attached hydrogens (tertiary/aromatic N) is 2. The van der Waals surface area contributed by atoms with Crippen molar-refractivity contribution in [2.45, 2.75) is 13.5 Å². The molecule has 0 amide bonds. The van der Waals surface area contributed by atoms with Crippen molar-refractivity contribution < 1.29 is 4.90 Å². The van der Waals surface area contributed by atoms with E-state index in [1.807, 2.05) is 24.3 Å². The predicted octanol–water partition coefficient (Wildman–Crippen LogP) is 2.46. The van der Waals surface area contributed by atoms with Crippen LogP contribution in [0.15, 0.2) is 59.7 Å². The van der Waals surface area contributed by atoms with Crippen molar-refractivity contribution in [1.29, 1.82) is 0 Å². The van der Waals surface area contributed by atoms with E-state index in [0.29, 0.717) is 0 Å². The Labute approximate surface area is 143 Å². The van der Waals surface area contributed by atoms with Gasteiger partial charge in [0.2, 0.25) is 0 Å². The van der Waals surface area contributed by atoms with Gasteiger partial charge in [0.25, 0.3) is 0 Å². The molecule has 120 valence electrons. The quantitative estimate of drug-likeness (QED) is 0.855. The van der Waals surface area contributed by atoms with E-state index in [2.05, 4.69) is 42.3 Å². The maximum absolute atomic E-state index is 5.94. The van der Waals surface area contributed by atoms with E-state index in [9.17, 15) is 0 Å². The molecule has 0 saturated carbocycles. The van der Waals surface area contributed by atoms with Crippen molar-refractivity contribution in [1.82, 2.24) is 5.01 Å². The van der Waals surface area contributed by atoms with Crippen LogP contribution < -0.4 is 4.90 Å². The average Bonchev–Trinajstić information content (AvgIpc) is 2.58. The van der Waals surface area contributed by atoms with Crippen LogP contribution in [0.1, 0.15) is 18.1 Å². The summed E-state index contributed by atoms with van der Waals surface area (Å²) in [6, 6.07) is 18.6. The summed E-state index contributed by atoms with van der Waals surface area (Å²) in [6.07, 6.45) is 0. The Morgan fingerprint density at radius 2 is 1.70 bits per heavy atom. The normalized spacial score (nSPS) is 16.6. The highest BCUT2D eigenvalue weighted by Gasteiger charge is 2.19. The number of hydrazone groups is 1. The minimum Gasteiger partial charge on any atom is -0.328 e. The molecular formula is C19H23ClN3+. The van der Waals surface area contributed by atoms with Crippen molar-refractivity contribution in [2.75, 3.05) is 26.2 Å². The third kappa shape index (κ3) is 4.57. The molecule has 1 heterocycles. The molecule has 2 aromatic rings. The maximum Gasteiger partial charge on any atom is 0.103 e. The molecule has 0 bridgehead atoms. The third-order valence-corrected chi connectivity index (χ3v) is 4.55. The van der Waals surface area contributed by atoms with E-state index in [0.717, 1.165) is 49.0 Å². The highest BCUT2D eigenvalue weighted by Crippen LogP contribution is 2.11. The van der Waals surface area contributed by atoms with Crippen LogP contribution in [0.4, 0.5) is 0 Å². The first-order chi connectivity index (χ1) is 11.2. The van der Waals surface area contributed by atoms with Gasteiger partial charge in [0, 0.05) is 10.6 Å². The Morgan fingerprint density at radius 3 is 2.35 bits per heavy atom. The molecule has 0 spiro atoms. The minimum atomic E-state index is 0.764. The van der Waals surface area contributed by atoms with Gasteiger partial charge in [-0.3, -0.25) is 5.01 Å². The van der Waals surface area contributed by atoms with E-state index in [-0.39, 0.29) is 0 Å². The lowest BCUT2D eigenvalue weighted by atomic mass is 10.1. The largest absolute Gasteiger partial charge is 0.328 e. The van der Waals surface area contributed by atoms with Gasteiger partial charge < -0.3 is 4.90 Å². The fourth-order valence-electron chi connectivity index (χ4n) is 2.93. The monoisotopic (exact) mass is 328 g/mol. The van der Waals surface area contributed by atoms with Crippen LogP contribution in [0.3, 0.4) is 0 Å². The summed E-state index contributed by atoms with van der Waals surface area (Å²) in [5.74, 6) is 0. The van der Waals surface area contributed by atoms with Crippen LogP contribution in [0, 0.1) is 0 Å². The Balaban J connectivity index is 1.54. The number of piperazine rings is 1. The molecule has 1 N–H and O–H groups in total. The molecule has 0 atom stereocenters. The molecule has 3 rings (SSSR count). The molecular weight excluding hydrogens is 306 g/mol. The summed E-state index contributed by atoms with van der Waals surface area (Å²) >= 11 is 5.94. The van der Waals surface area contributed by atoms with Gasteiger partial charge in [0.05, 0.1) is 31.9 Å². The lowest BCUT2D eigenvalue weighted by Crippen LogP contribution is -3.13. The number of benzene rings is 2. The van der Waals surface area contributed by atoms with Crippen molar-refractivity contribution in [3.8, 4) is 0 Å². The number of nitrogens with one attached hydrogen (secondary N) is 1. The van der Waals surface area contributed by atoms with Crippen molar-refractivity contribution in [2.24, 2.45) is 5.10 Å². The van der Waals surface area contributed by atoms with Crippen LogP contribution in [0.2, 0.25) is 5.02 Å². The number of halogens is 1. The van der Waals surface area contributed by atoms with Gasteiger partial charge in [-0.05, 0) is 24.6 Å². The van der Waals surface area contributed by atoms with E-state index >= 15 is 0 Å². The van der Waals surface area contributed by atoms with Crippen molar-refractivity contribution in [3.05, 3.63) is 70.7 Å². The van der Waals surface area contributed by atoms with Gasteiger partial charge in [-0.15, -0.1) is 0 Å². The zero-order valence-electron chi connectivity index (χ0n) is 13.5. The third-order valence-electron chi connectivity index (χ3n) is 4.30. The molecule has 0 aliphatic carbocycles. The van der Waals surface area contributed by atoms with Crippen LogP contribution >= 0.6 is 11.6 Å². The Kier molecular flexibility index (Phi) is 5.31. The van der Waals surface area contributed by atoms with Gasteiger partial charge >= 0.3 is 0 Å². The molecule has 1 aliphatic rings. The summed E-state index contributed by atoms with van der Waals surface area (Å²) in [4.78, 5) is 1.63. The zero-order chi connectivity index (χ0) is 16.1. The first-order valence-corrected chi connectivity index (χ1v) is 8.52. The fourth-order valence-corrected chi connectivity index (χ4v) is 3.06. The summed E-state index contributed by atoms with van der Waals surface area (Å²) in [7, 11) is 0. The second-order valence-electron chi connectivity index (χ2n) is 6.06. The fraction of sp³-hybridized carbons (Fsp3) is 0.316. The van der Waals surface area contributed by atoms with E-state index < -0.39 is 0 Å². The summed E-state index contributed by atoms with van der Waals surface area (Å²) in [6.45, 7) is 7.44. The van der Waals surface area contributed by atoms with E-state index in [1.54, 1.807) is 4.90 Å². The SMILES string of the molecule is C/C(=N\N1CC[NH+](Cc2ccccc2)CC1)c1ccc(Cl)cc1. The Hall–Kier alpha value is -1.84. The summed E-state index contributed by atoms with van der Waals surface area (Å²) in [5, 5.41) is 7.73. The van der Waals surface area contributed by atoms with Crippen molar-refractivity contribution >= 4 is 17.3 Å². The van der Waals surface area contributed by atoms with Crippen LogP contribution in [0.5, 0.6) is 0 Å². The highest BCUT2D eigenvalue weighted by atomic mass is 35.5. The van der Waals surface area contributed by atoms with Gasteiger partial charge in [-0.2, -0.15) is 5.10 Å². The van der Waals surface area contributed by atoms with Gasteiger partial charge in [0.15, 0.2) is 0 Å². The van der Waals surface area contributed by atoms with Crippen molar-refractivity contribution in [3.63, 3.8) is 0 Å². The second-order valence-corrected chi connectivity index (χ2v) is 6.49. The topological polar surface area (TPSA) is 20.0 Å². The standard InChI is InChI=1S/C19H22ClN3/c1-16(18-7-9-19(20)10-8-18)21-23-13-11-22(12-14-23)15-17-5-3-2-4-6-17/h2-10H,11-15H2,1H3/p+1/b21-16+. The zero-order valence-corrected chi connectivity index (χ0v) is 14.3. The van der Waals surface area contributed by atoms with Gasteiger partial charge in [-0.25, -0.2) is 0 Å². The molecule has 2 aromatic carbocycles. The number of hydrogen-bond donors (Lipinski definition) is 1. The number of rotatable bonds is 4. The lowest BCUT2D eigenvalue weighted by Gasteiger charge is -2.31. The average molecular weight is 329 g/mol. The predicted molar refractivity (Wildman–Crippen MR) is 96.1 cm³/mol. The highest BCUT2D eigenvalue weighted by molar-refractivity contribution is 6.30. The Bertz CT molecular complexity index is 644. The molecule has 1 fully saturated rings. The van der Waals surface area contributed by atoms with Gasteiger partial charge in [-0.1, -0.05) is 54.1 Å². The smallest absolute Gasteiger partial charge is 0.103 e. The van der Waals surface area contributed by atoms with Crippen LogP contribution in [-0.2, 0) is 6.54 Å². The molecule has 0 unspecified atom stereocenters. The number of hydrogen-bond acceptors (Lipinski definition) is 2. The molecule has 0 aromatic heterocycles. The molecule has 23 heavy (non-hydrogen) atoms. The minimum absolute atomic E-state index is 0.764. The molecule has 1 aliphatic heterocycles. The Morgan fingerprint density at radius 1 is 1.04 bits per heavy atom. The second kappa shape index (κ2) is 7.62. The van der Waals surface area contributed by atoms with Crippen LogP contribution in [0.25, 0.3) is 0 Å². The summed E-state index contributed by atoms with van der Waals surface area (Å²) < 4.78 is 0. The molecule has 1 saturated heterocycles. The molecule has 0 radical (unpaired) electrons. The molecule has 3 nitrogen and oxygen atoms in total. The summed E-state index contributed by atoms with van der Waals surface area (Å²) in [5.41, 5.74) is 3.60. The first kappa shape index (κ1) is 16.0. The maximum atomic E-state index is 5.94. The number of quaternary nitrogens is 1. The van der Waals surface area contributed by atoms with Crippen LogP contribution in [-0.4, -0.2) is 36.9 Å².